The van der Waals surface area contributed by atoms with Crippen LogP contribution in [0.4, 0.5) is 0 Å². The number of benzene rings is 1. The van der Waals surface area contributed by atoms with E-state index < -0.39 is 62.7 Å². The minimum atomic E-state index is -1.47. The molecule has 0 bridgehead atoms. The molecule has 1 aromatic carbocycles. The average Bonchev–Trinajstić information content (AvgIpc) is 2.88. The number of aromatic nitrogens is 2. The summed E-state index contributed by atoms with van der Waals surface area (Å²) < 4.78 is 20.9. The first kappa shape index (κ1) is 29.8. The number of esters is 2. The predicted octanol–water partition coefficient (Wildman–Crippen LogP) is 3.11. The van der Waals surface area contributed by atoms with Crippen molar-refractivity contribution in [2.45, 2.75) is 40.5 Å². The van der Waals surface area contributed by atoms with Crippen LogP contribution in [0, 0.1) is 6.92 Å². The molecule has 214 valence electrons. The molecule has 0 unspecified atom stereocenters. The van der Waals surface area contributed by atoms with Gasteiger partial charge in [-0.3, -0.25) is 19.6 Å². The molecule has 12 heteroatoms. The fraction of sp³-hybridized carbons (Fsp3) is 0.357. The molecule has 0 aliphatic carbocycles. The summed E-state index contributed by atoms with van der Waals surface area (Å²) in [6, 6.07) is 6.55. The lowest BCUT2D eigenvalue weighted by molar-refractivity contribution is 0.0506. The number of H-pyrrole nitrogens is 2. The highest BCUT2D eigenvalue weighted by Gasteiger charge is 2.36. The van der Waals surface area contributed by atoms with Gasteiger partial charge in [0.25, 0.3) is 11.1 Å². The first-order valence-corrected chi connectivity index (χ1v) is 12.8. The van der Waals surface area contributed by atoms with Gasteiger partial charge < -0.3 is 29.2 Å². The number of ether oxygens (including phenoxy) is 4. The summed E-state index contributed by atoms with van der Waals surface area (Å²) in [7, 11) is 0. The Labute approximate surface area is 229 Å². The van der Waals surface area contributed by atoms with Gasteiger partial charge >= 0.3 is 11.9 Å². The highest BCUT2D eigenvalue weighted by molar-refractivity contribution is 5.96. The topological polar surface area (TPSA) is 177 Å². The van der Waals surface area contributed by atoms with E-state index in [0.717, 1.165) is 5.56 Å². The van der Waals surface area contributed by atoms with E-state index in [4.69, 9.17) is 18.9 Å². The quantitative estimate of drug-likeness (QED) is 0.257. The zero-order valence-corrected chi connectivity index (χ0v) is 22.9. The molecule has 2 heterocycles. The van der Waals surface area contributed by atoms with Crippen LogP contribution in [-0.4, -0.2) is 58.5 Å². The third-order valence-electron chi connectivity index (χ3n) is 5.91. The van der Waals surface area contributed by atoms with Gasteiger partial charge in [-0.1, -0.05) is 29.8 Å². The fourth-order valence-corrected chi connectivity index (χ4v) is 4.23. The highest BCUT2D eigenvalue weighted by atomic mass is 16.5. The number of pyridine rings is 2. The van der Waals surface area contributed by atoms with Crippen LogP contribution in [0.25, 0.3) is 0 Å². The van der Waals surface area contributed by atoms with Crippen LogP contribution in [-0.2, 0) is 9.47 Å². The molecule has 40 heavy (non-hydrogen) atoms. The molecule has 0 aliphatic rings. The monoisotopic (exact) mass is 556 g/mol. The Morgan fingerprint density at radius 3 is 1.48 bits per heavy atom. The Hall–Kier alpha value is -4.74. The number of carbonyl (C=O) groups is 2. The Kier molecular flexibility index (Phi) is 9.59. The van der Waals surface area contributed by atoms with E-state index in [-0.39, 0.29) is 43.8 Å². The normalized spacial score (nSPS) is 10.8. The number of nitrogens with one attached hydrogen (secondary N) is 2. The van der Waals surface area contributed by atoms with Crippen molar-refractivity contribution in [3.63, 3.8) is 0 Å². The third kappa shape index (κ3) is 5.80. The summed E-state index contributed by atoms with van der Waals surface area (Å²) in [5.41, 5.74) is -2.56. The summed E-state index contributed by atoms with van der Waals surface area (Å²) in [6.07, 6.45) is 0. The van der Waals surface area contributed by atoms with Gasteiger partial charge in [-0.2, -0.15) is 0 Å². The van der Waals surface area contributed by atoms with Gasteiger partial charge in [0, 0.05) is 0 Å². The van der Waals surface area contributed by atoms with Gasteiger partial charge in [-0.15, -0.1) is 0 Å². The second kappa shape index (κ2) is 12.9. The third-order valence-corrected chi connectivity index (χ3v) is 5.91. The Morgan fingerprint density at radius 1 is 0.725 bits per heavy atom. The maximum Gasteiger partial charge on any atom is 0.347 e. The molecule has 0 saturated carbocycles. The van der Waals surface area contributed by atoms with Gasteiger partial charge in [0.15, 0.2) is 11.1 Å². The first-order valence-electron chi connectivity index (χ1n) is 12.8. The van der Waals surface area contributed by atoms with Gasteiger partial charge in [-0.05, 0) is 40.2 Å². The van der Waals surface area contributed by atoms with E-state index in [0.29, 0.717) is 0 Å². The van der Waals surface area contributed by atoms with Crippen LogP contribution in [0.5, 0.6) is 23.3 Å². The van der Waals surface area contributed by atoms with Crippen LogP contribution in [0.15, 0.2) is 33.9 Å². The van der Waals surface area contributed by atoms with E-state index in [1.807, 2.05) is 6.92 Å². The molecular formula is C28H32N2O10. The number of aryl methyl sites for hydroxylation is 1. The zero-order valence-electron chi connectivity index (χ0n) is 22.9. The van der Waals surface area contributed by atoms with Gasteiger partial charge in [0.2, 0.25) is 11.8 Å². The number of hydrogen-bond acceptors (Lipinski definition) is 10. The van der Waals surface area contributed by atoms with E-state index in [1.54, 1.807) is 52.0 Å². The fourth-order valence-electron chi connectivity index (χ4n) is 4.23. The molecule has 3 rings (SSSR count). The van der Waals surface area contributed by atoms with Crippen LogP contribution in [0.2, 0.25) is 0 Å². The molecule has 0 atom stereocenters. The molecule has 0 aliphatic heterocycles. The summed E-state index contributed by atoms with van der Waals surface area (Å²) in [4.78, 5) is 57.5. The lowest BCUT2D eigenvalue weighted by atomic mass is 9.83. The summed E-state index contributed by atoms with van der Waals surface area (Å²) in [6.45, 7) is 8.18. The Bertz CT molecular complexity index is 1410. The predicted molar refractivity (Wildman–Crippen MR) is 144 cm³/mol. The molecule has 12 nitrogen and oxygen atoms in total. The standard InChI is InChI=1S/C28H32N2O10/c1-6-37-25-19(27(35)39-8-3)21(31)17(23(33)29-25)16(15-12-10-14(5)11-13-15)18-22(32)20(28(36)40-9-4)26(38-7-2)30-24(18)34/h10-13,16H,6-9H2,1-5H3,(H2,29,31,33)(H2,30,32,34). The molecule has 0 fully saturated rings. The molecule has 0 saturated heterocycles. The molecule has 3 aromatic rings. The van der Waals surface area contributed by atoms with E-state index >= 15 is 0 Å². The maximum absolute atomic E-state index is 13.5. The SMILES string of the molecule is CCOC(=O)c1c(OCC)[nH]c(=O)c(C(c2ccc(C)cc2)c2c(O)c(C(=O)OCC)c(OCC)[nH]c2=O)c1O. The Balaban J connectivity index is 2.49. The van der Waals surface area contributed by atoms with Crippen LogP contribution in [0.1, 0.15) is 76.6 Å². The highest BCUT2D eigenvalue weighted by Crippen LogP contribution is 2.42. The van der Waals surface area contributed by atoms with Gasteiger partial charge in [-0.25, -0.2) is 9.59 Å². The van der Waals surface area contributed by atoms with Crippen molar-refractivity contribution in [3.8, 4) is 23.3 Å². The van der Waals surface area contributed by atoms with Crippen molar-refractivity contribution in [2.24, 2.45) is 0 Å². The van der Waals surface area contributed by atoms with E-state index in [1.165, 1.54) is 0 Å². The van der Waals surface area contributed by atoms with Crippen molar-refractivity contribution in [3.05, 3.63) is 78.4 Å². The van der Waals surface area contributed by atoms with Gasteiger partial charge in [0.1, 0.15) is 11.5 Å². The largest absolute Gasteiger partial charge is 0.506 e. The van der Waals surface area contributed by atoms with Crippen LogP contribution < -0.4 is 20.6 Å². The molecular weight excluding hydrogens is 524 g/mol. The smallest absolute Gasteiger partial charge is 0.347 e. The summed E-state index contributed by atoms with van der Waals surface area (Å²) in [5.74, 6) is -5.73. The van der Waals surface area contributed by atoms with Crippen molar-refractivity contribution < 1.29 is 38.7 Å². The average molecular weight is 557 g/mol. The Morgan fingerprint density at radius 2 is 1.12 bits per heavy atom. The van der Waals surface area contributed by atoms with Crippen molar-refractivity contribution in [2.75, 3.05) is 26.4 Å². The number of rotatable bonds is 11. The van der Waals surface area contributed by atoms with Crippen molar-refractivity contribution in [1.29, 1.82) is 0 Å². The molecule has 4 N–H and O–H groups in total. The number of carbonyl (C=O) groups excluding carboxylic acids is 2. The minimum absolute atomic E-state index is 0.0397. The molecule has 2 aromatic heterocycles. The van der Waals surface area contributed by atoms with Gasteiger partial charge in [0.05, 0.1) is 43.5 Å². The molecule has 0 amide bonds. The lowest BCUT2D eigenvalue weighted by Gasteiger charge is -2.23. The van der Waals surface area contributed by atoms with Crippen LogP contribution in [0.3, 0.4) is 0 Å². The zero-order chi connectivity index (χ0) is 29.6. The molecule has 0 spiro atoms. The summed E-state index contributed by atoms with van der Waals surface area (Å²) in [5, 5.41) is 22.8. The molecule has 0 radical (unpaired) electrons. The number of aromatic amines is 2. The summed E-state index contributed by atoms with van der Waals surface area (Å²) >= 11 is 0. The van der Waals surface area contributed by atoms with Crippen molar-refractivity contribution in [1.82, 2.24) is 9.97 Å². The lowest BCUT2D eigenvalue weighted by Crippen LogP contribution is -2.27. The van der Waals surface area contributed by atoms with E-state index in [9.17, 15) is 29.4 Å². The van der Waals surface area contributed by atoms with Crippen LogP contribution >= 0.6 is 0 Å². The first-order chi connectivity index (χ1) is 19.1. The number of aromatic hydroxyl groups is 2. The van der Waals surface area contributed by atoms with E-state index in [2.05, 4.69) is 9.97 Å². The number of hydrogen-bond donors (Lipinski definition) is 4. The maximum atomic E-state index is 13.5. The minimum Gasteiger partial charge on any atom is -0.506 e. The second-order valence-electron chi connectivity index (χ2n) is 8.49. The second-order valence-corrected chi connectivity index (χ2v) is 8.49. The van der Waals surface area contributed by atoms with Crippen molar-refractivity contribution >= 4 is 11.9 Å².